The topological polar surface area (TPSA) is 105 Å². The third-order valence-corrected chi connectivity index (χ3v) is 2.09. The second kappa shape index (κ2) is 6.51. The predicted molar refractivity (Wildman–Crippen MR) is 68.5 cm³/mol. The number of carbonyl (C=O) groups excluding carboxylic acids is 1. The fourth-order valence-electron chi connectivity index (χ4n) is 1.37. The van der Waals surface area contributed by atoms with Crippen LogP contribution < -0.4 is 27.6 Å². The molecule has 0 heterocycles. The standard InChI is InChI=1S/C11H17N5O/c1-14-7-11(17)16-10-5-3-2-4-8(10)9(12)6-15-13/h2-6,14-15H,7,12-13H2,1H3,(H,16,17)/b9-6-. The van der Waals surface area contributed by atoms with Crippen LogP contribution in [0.1, 0.15) is 5.56 Å². The molecule has 0 bridgehead atoms. The largest absolute Gasteiger partial charge is 0.397 e. The smallest absolute Gasteiger partial charge is 0.238 e. The molecule has 0 aliphatic heterocycles. The summed E-state index contributed by atoms with van der Waals surface area (Å²) >= 11 is 0. The number of amides is 1. The number of hydrogen-bond donors (Lipinski definition) is 5. The van der Waals surface area contributed by atoms with Crippen molar-refractivity contribution in [1.82, 2.24) is 10.7 Å². The monoisotopic (exact) mass is 235 g/mol. The fourth-order valence-corrected chi connectivity index (χ4v) is 1.37. The summed E-state index contributed by atoms with van der Waals surface area (Å²) in [5.74, 6) is 5.03. The first-order valence-electron chi connectivity index (χ1n) is 5.14. The van der Waals surface area contributed by atoms with Crippen LogP contribution in [-0.4, -0.2) is 19.5 Å². The number of para-hydroxylation sites is 1. The van der Waals surface area contributed by atoms with E-state index in [9.17, 15) is 4.79 Å². The molecule has 92 valence electrons. The summed E-state index contributed by atoms with van der Waals surface area (Å²) in [6, 6.07) is 7.24. The molecule has 1 aromatic rings. The zero-order valence-corrected chi connectivity index (χ0v) is 9.66. The Morgan fingerprint density at radius 1 is 1.41 bits per heavy atom. The molecular weight excluding hydrogens is 218 g/mol. The second-order valence-electron chi connectivity index (χ2n) is 3.39. The lowest BCUT2D eigenvalue weighted by Gasteiger charge is -2.11. The van der Waals surface area contributed by atoms with Crippen LogP contribution in [0, 0.1) is 0 Å². The van der Waals surface area contributed by atoms with Crippen molar-refractivity contribution < 1.29 is 4.79 Å². The van der Waals surface area contributed by atoms with E-state index in [1.807, 2.05) is 12.1 Å². The third kappa shape index (κ3) is 3.78. The molecule has 1 rings (SSSR count). The Balaban J connectivity index is 2.92. The average Bonchev–Trinajstić information content (AvgIpc) is 2.30. The van der Waals surface area contributed by atoms with Gasteiger partial charge in [-0.1, -0.05) is 18.2 Å². The van der Waals surface area contributed by atoms with Crippen molar-refractivity contribution in [2.45, 2.75) is 0 Å². The van der Waals surface area contributed by atoms with Crippen molar-refractivity contribution in [1.29, 1.82) is 0 Å². The van der Waals surface area contributed by atoms with E-state index in [2.05, 4.69) is 16.1 Å². The molecule has 0 saturated heterocycles. The highest BCUT2D eigenvalue weighted by Crippen LogP contribution is 2.19. The molecule has 1 amide bonds. The van der Waals surface area contributed by atoms with Crippen molar-refractivity contribution in [3.8, 4) is 0 Å². The minimum Gasteiger partial charge on any atom is -0.397 e. The third-order valence-electron chi connectivity index (χ3n) is 2.09. The molecule has 0 aromatic heterocycles. The first-order valence-corrected chi connectivity index (χ1v) is 5.14. The van der Waals surface area contributed by atoms with Crippen LogP contribution in [0.5, 0.6) is 0 Å². The predicted octanol–water partition coefficient (Wildman–Crippen LogP) is -0.435. The summed E-state index contributed by atoms with van der Waals surface area (Å²) < 4.78 is 0. The second-order valence-corrected chi connectivity index (χ2v) is 3.39. The quantitative estimate of drug-likeness (QED) is 0.352. The number of nitrogens with two attached hydrogens (primary N) is 2. The van der Waals surface area contributed by atoms with Gasteiger partial charge in [-0.05, 0) is 13.1 Å². The number of carbonyl (C=O) groups is 1. The maximum Gasteiger partial charge on any atom is 0.238 e. The fraction of sp³-hybridized carbons (Fsp3) is 0.182. The van der Waals surface area contributed by atoms with Gasteiger partial charge in [-0.2, -0.15) is 0 Å². The Morgan fingerprint density at radius 3 is 2.76 bits per heavy atom. The van der Waals surface area contributed by atoms with Gasteiger partial charge in [-0.3, -0.25) is 10.6 Å². The zero-order valence-electron chi connectivity index (χ0n) is 9.66. The van der Waals surface area contributed by atoms with Crippen molar-refractivity contribution in [2.75, 3.05) is 18.9 Å². The first-order chi connectivity index (χ1) is 8.19. The molecule has 1 aromatic carbocycles. The SMILES string of the molecule is CNCC(=O)Nc1ccccc1/C(N)=C/NN. The lowest BCUT2D eigenvalue weighted by molar-refractivity contribution is -0.115. The van der Waals surface area contributed by atoms with E-state index >= 15 is 0 Å². The molecule has 0 unspecified atom stereocenters. The van der Waals surface area contributed by atoms with Crippen LogP contribution >= 0.6 is 0 Å². The number of hydrogen-bond acceptors (Lipinski definition) is 5. The molecule has 0 spiro atoms. The van der Waals surface area contributed by atoms with E-state index < -0.39 is 0 Å². The van der Waals surface area contributed by atoms with E-state index in [1.54, 1.807) is 19.2 Å². The van der Waals surface area contributed by atoms with Gasteiger partial charge in [0.2, 0.25) is 5.91 Å². The van der Waals surface area contributed by atoms with E-state index in [0.717, 1.165) is 5.56 Å². The molecule has 0 radical (unpaired) electrons. The first kappa shape index (κ1) is 13.0. The number of nitrogens with one attached hydrogen (secondary N) is 3. The highest BCUT2D eigenvalue weighted by molar-refractivity contribution is 5.95. The normalized spacial score (nSPS) is 11.1. The van der Waals surface area contributed by atoms with E-state index in [-0.39, 0.29) is 12.5 Å². The van der Waals surface area contributed by atoms with Gasteiger partial charge >= 0.3 is 0 Å². The van der Waals surface area contributed by atoms with Crippen molar-refractivity contribution in [3.63, 3.8) is 0 Å². The number of hydrazine groups is 1. The summed E-state index contributed by atoms with van der Waals surface area (Å²) in [6.07, 6.45) is 1.46. The molecule has 0 fully saturated rings. The average molecular weight is 235 g/mol. The highest BCUT2D eigenvalue weighted by Gasteiger charge is 2.07. The van der Waals surface area contributed by atoms with Crippen LogP contribution in [0.4, 0.5) is 5.69 Å². The van der Waals surface area contributed by atoms with E-state index in [0.29, 0.717) is 11.4 Å². The number of rotatable bonds is 5. The summed E-state index contributed by atoms with van der Waals surface area (Å²) in [4.78, 5) is 11.5. The maximum atomic E-state index is 11.5. The Bertz CT molecular complexity index is 416. The highest BCUT2D eigenvalue weighted by atomic mass is 16.1. The molecule has 0 atom stereocenters. The number of likely N-dealkylation sites (N-methyl/N-ethyl adjacent to an activating group) is 1. The van der Waals surface area contributed by atoms with Gasteiger partial charge < -0.3 is 21.8 Å². The summed E-state index contributed by atoms with van der Waals surface area (Å²) in [5, 5.41) is 5.53. The molecule has 7 N–H and O–H groups in total. The van der Waals surface area contributed by atoms with Crippen LogP contribution in [0.15, 0.2) is 30.5 Å². The van der Waals surface area contributed by atoms with Gasteiger partial charge in [0.15, 0.2) is 0 Å². The number of anilines is 1. The summed E-state index contributed by atoms with van der Waals surface area (Å²) in [6.45, 7) is 0.243. The maximum absolute atomic E-state index is 11.5. The Kier molecular flexibility index (Phi) is 4.99. The van der Waals surface area contributed by atoms with Crippen LogP contribution in [-0.2, 0) is 4.79 Å². The molecule has 6 heteroatoms. The molecule has 6 nitrogen and oxygen atoms in total. The van der Waals surface area contributed by atoms with Gasteiger partial charge in [-0.25, -0.2) is 0 Å². The van der Waals surface area contributed by atoms with Crippen molar-refractivity contribution in [2.24, 2.45) is 11.6 Å². The van der Waals surface area contributed by atoms with Crippen LogP contribution in [0.3, 0.4) is 0 Å². The summed E-state index contributed by atoms with van der Waals surface area (Å²) in [5.41, 5.74) is 9.99. The molecule has 0 aliphatic rings. The minimum atomic E-state index is -0.131. The van der Waals surface area contributed by atoms with Gasteiger partial charge in [0, 0.05) is 11.8 Å². The molecule has 17 heavy (non-hydrogen) atoms. The van der Waals surface area contributed by atoms with E-state index in [1.165, 1.54) is 6.20 Å². The Labute approximate surface area is 100 Å². The lowest BCUT2D eigenvalue weighted by Crippen LogP contribution is -2.25. The molecular formula is C11H17N5O. The number of benzene rings is 1. The molecule has 0 saturated carbocycles. The Morgan fingerprint density at radius 2 is 2.12 bits per heavy atom. The lowest BCUT2D eigenvalue weighted by atomic mass is 10.1. The minimum absolute atomic E-state index is 0.131. The van der Waals surface area contributed by atoms with Crippen LogP contribution in [0.2, 0.25) is 0 Å². The van der Waals surface area contributed by atoms with Crippen molar-refractivity contribution >= 4 is 17.3 Å². The van der Waals surface area contributed by atoms with Gasteiger partial charge in [-0.15, -0.1) is 0 Å². The van der Waals surface area contributed by atoms with Gasteiger partial charge in [0.05, 0.1) is 17.9 Å². The zero-order chi connectivity index (χ0) is 12.7. The van der Waals surface area contributed by atoms with Crippen LogP contribution in [0.25, 0.3) is 5.70 Å². The molecule has 0 aliphatic carbocycles. The van der Waals surface area contributed by atoms with Gasteiger partial charge in [0.1, 0.15) is 0 Å². The van der Waals surface area contributed by atoms with E-state index in [4.69, 9.17) is 11.6 Å². The summed E-state index contributed by atoms with van der Waals surface area (Å²) in [7, 11) is 1.71. The Hall–Kier alpha value is -2.05. The van der Waals surface area contributed by atoms with Gasteiger partial charge in [0.25, 0.3) is 0 Å². The van der Waals surface area contributed by atoms with Crippen molar-refractivity contribution in [3.05, 3.63) is 36.0 Å².